The molecule has 0 aliphatic heterocycles. The Hall–Kier alpha value is -1.33. The van der Waals surface area contributed by atoms with Crippen LogP contribution in [0.1, 0.15) is 63.0 Å². The van der Waals surface area contributed by atoms with Crippen LogP contribution in [-0.4, -0.2) is 0 Å². The highest BCUT2D eigenvalue weighted by molar-refractivity contribution is 6.29. The minimum absolute atomic E-state index is 0.0990. The number of hydrogen-bond donors (Lipinski definition) is 0. The Balaban J connectivity index is 2.02. The van der Waals surface area contributed by atoms with Gasteiger partial charge in [-0.05, 0) is 62.1 Å². The maximum Gasteiger partial charge on any atom is 0.142 e. The average molecular weight is 351 g/mol. The molecule has 1 fully saturated rings. The molecular formula is C21H25ClF2. The molecule has 24 heavy (non-hydrogen) atoms. The summed E-state index contributed by atoms with van der Waals surface area (Å²) in [5.74, 6) is 5.22. The highest BCUT2D eigenvalue weighted by Crippen LogP contribution is 2.33. The highest BCUT2D eigenvalue weighted by atomic mass is 35.5. The van der Waals surface area contributed by atoms with Gasteiger partial charge < -0.3 is 0 Å². The van der Waals surface area contributed by atoms with E-state index in [1.54, 1.807) is 0 Å². The lowest BCUT2D eigenvalue weighted by Gasteiger charge is -2.24. The molecule has 0 radical (unpaired) electrons. The Kier molecular flexibility index (Phi) is 7.31. The average Bonchev–Trinajstić information content (AvgIpc) is 2.55. The van der Waals surface area contributed by atoms with E-state index in [-0.39, 0.29) is 11.5 Å². The molecule has 3 heteroatoms. The fourth-order valence-corrected chi connectivity index (χ4v) is 3.41. The number of aryl methyl sites for hydroxylation is 1. The third kappa shape index (κ3) is 5.35. The molecule has 1 aliphatic carbocycles. The quantitative estimate of drug-likeness (QED) is 0.414. The van der Waals surface area contributed by atoms with Crippen LogP contribution in [0.2, 0.25) is 0 Å². The molecule has 1 aromatic carbocycles. The molecule has 2 rings (SSSR count). The summed E-state index contributed by atoms with van der Waals surface area (Å²) < 4.78 is 28.3. The second-order valence-electron chi connectivity index (χ2n) is 6.66. The monoisotopic (exact) mass is 350 g/mol. The van der Waals surface area contributed by atoms with Crippen molar-refractivity contribution >= 4 is 11.6 Å². The molecule has 130 valence electrons. The molecule has 1 aliphatic rings. The lowest BCUT2D eigenvalue weighted by atomic mass is 9.82. The van der Waals surface area contributed by atoms with E-state index in [1.807, 2.05) is 0 Å². The van der Waals surface area contributed by atoms with Gasteiger partial charge in [0.1, 0.15) is 11.6 Å². The smallest absolute Gasteiger partial charge is 0.142 e. The van der Waals surface area contributed by atoms with Gasteiger partial charge in [0.15, 0.2) is 0 Å². The second-order valence-corrected chi connectivity index (χ2v) is 7.14. The van der Waals surface area contributed by atoms with Gasteiger partial charge in [0.05, 0.1) is 5.56 Å². The first-order valence-electron chi connectivity index (χ1n) is 8.85. The van der Waals surface area contributed by atoms with E-state index in [0.717, 1.165) is 44.9 Å². The Bertz CT molecular complexity index is 608. The molecule has 0 saturated heterocycles. The summed E-state index contributed by atoms with van der Waals surface area (Å²) >= 11 is 5.95. The summed E-state index contributed by atoms with van der Waals surface area (Å²) in [6.45, 7) is 5.89. The molecule has 0 N–H and O–H groups in total. The predicted molar refractivity (Wildman–Crippen MR) is 96.9 cm³/mol. The van der Waals surface area contributed by atoms with Crippen molar-refractivity contribution in [2.24, 2.45) is 11.8 Å². The molecule has 1 aromatic rings. The zero-order valence-corrected chi connectivity index (χ0v) is 15.1. The van der Waals surface area contributed by atoms with Crippen molar-refractivity contribution in [3.05, 3.63) is 46.5 Å². The molecule has 0 amide bonds. The Morgan fingerprint density at radius 2 is 1.79 bits per heavy atom. The Morgan fingerprint density at radius 3 is 2.33 bits per heavy atom. The van der Waals surface area contributed by atoms with E-state index in [2.05, 4.69) is 25.3 Å². The Morgan fingerprint density at radius 1 is 1.17 bits per heavy atom. The van der Waals surface area contributed by atoms with E-state index in [1.165, 1.54) is 12.1 Å². The van der Waals surface area contributed by atoms with Crippen LogP contribution < -0.4 is 0 Å². The summed E-state index contributed by atoms with van der Waals surface area (Å²) in [6, 6.07) is 2.86. The number of halogens is 3. The Labute approximate surface area is 149 Å². The van der Waals surface area contributed by atoms with E-state index in [9.17, 15) is 8.78 Å². The van der Waals surface area contributed by atoms with Crippen LogP contribution in [0.25, 0.3) is 0 Å². The maximum absolute atomic E-state index is 14.2. The fraction of sp³-hybridized carbons (Fsp3) is 0.524. The van der Waals surface area contributed by atoms with Gasteiger partial charge in [0.2, 0.25) is 0 Å². The predicted octanol–water partition coefficient (Wildman–Crippen LogP) is 6.61. The van der Waals surface area contributed by atoms with Crippen LogP contribution in [0.15, 0.2) is 23.7 Å². The van der Waals surface area contributed by atoms with E-state index in [0.29, 0.717) is 22.9 Å². The van der Waals surface area contributed by atoms with Crippen LogP contribution in [-0.2, 0) is 6.42 Å². The minimum atomic E-state index is -0.545. The summed E-state index contributed by atoms with van der Waals surface area (Å²) in [5, 5.41) is 0.706. The summed E-state index contributed by atoms with van der Waals surface area (Å²) in [5.41, 5.74) is 0.614. The number of hydrogen-bond acceptors (Lipinski definition) is 0. The van der Waals surface area contributed by atoms with Crippen molar-refractivity contribution in [2.75, 3.05) is 0 Å². The summed E-state index contributed by atoms with van der Waals surface area (Å²) in [6.07, 6.45) is 7.53. The van der Waals surface area contributed by atoms with Crippen molar-refractivity contribution in [1.29, 1.82) is 0 Å². The molecule has 0 bridgehead atoms. The van der Waals surface area contributed by atoms with Crippen molar-refractivity contribution < 1.29 is 8.78 Å². The second kappa shape index (κ2) is 9.23. The topological polar surface area (TPSA) is 0 Å². The molecule has 1 saturated carbocycles. The molecule has 0 unspecified atom stereocenters. The summed E-state index contributed by atoms with van der Waals surface area (Å²) in [7, 11) is 0. The lowest BCUT2D eigenvalue weighted by Crippen LogP contribution is -2.13. The number of unbranched alkanes of at least 4 members (excludes halogenated alkanes) is 2. The number of allylic oxidation sites excluding steroid dienone is 1. The molecule has 0 aromatic heterocycles. The standard InChI is InChI=1S/C21H25ClF2/c1-3-4-5-6-17-13-20(23)19(21(24)14-17)12-9-16-7-10-18(11-8-16)15(2)22/h13-14,16,18H,2-8,10-11H2,1H3/t16-,18-. The molecule has 0 atom stereocenters. The van der Waals surface area contributed by atoms with Crippen LogP contribution in [0.4, 0.5) is 8.78 Å². The van der Waals surface area contributed by atoms with E-state index in [4.69, 9.17) is 11.6 Å². The molecular weight excluding hydrogens is 326 g/mol. The SMILES string of the molecule is C=C(Cl)[C@H]1CC[C@H](C#Cc2c(F)cc(CCCCC)cc2F)CC1. The fourth-order valence-electron chi connectivity index (χ4n) is 3.19. The van der Waals surface area contributed by atoms with Gasteiger partial charge in [-0.25, -0.2) is 8.78 Å². The minimum Gasteiger partial charge on any atom is -0.206 e. The third-order valence-corrected chi connectivity index (χ3v) is 5.05. The van der Waals surface area contributed by atoms with Gasteiger partial charge in [-0.1, -0.05) is 49.8 Å². The molecule has 0 heterocycles. The highest BCUT2D eigenvalue weighted by Gasteiger charge is 2.21. The van der Waals surface area contributed by atoms with E-state index < -0.39 is 11.6 Å². The van der Waals surface area contributed by atoms with Crippen LogP contribution >= 0.6 is 11.6 Å². The molecule has 0 spiro atoms. The van der Waals surface area contributed by atoms with Crippen LogP contribution in [0.5, 0.6) is 0 Å². The normalized spacial score (nSPS) is 20.3. The first-order valence-corrected chi connectivity index (χ1v) is 9.22. The first kappa shape index (κ1) is 19.0. The van der Waals surface area contributed by atoms with E-state index >= 15 is 0 Å². The number of rotatable bonds is 5. The number of benzene rings is 1. The van der Waals surface area contributed by atoms with Crippen molar-refractivity contribution in [3.8, 4) is 11.8 Å². The van der Waals surface area contributed by atoms with Gasteiger partial charge >= 0.3 is 0 Å². The third-order valence-electron chi connectivity index (χ3n) is 4.74. The van der Waals surface area contributed by atoms with Crippen molar-refractivity contribution in [2.45, 2.75) is 58.3 Å². The zero-order valence-electron chi connectivity index (χ0n) is 14.3. The van der Waals surface area contributed by atoms with Gasteiger partial charge in [-0.2, -0.15) is 0 Å². The van der Waals surface area contributed by atoms with Crippen molar-refractivity contribution in [3.63, 3.8) is 0 Å². The summed E-state index contributed by atoms with van der Waals surface area (Å²) in [4.78, 5) is 0. The van der Waals surface area contributed by atoms with Gasteiger partial charge in [-0.15, -0.1) is 0 Å². The van der Waals surface area contributed by atoms with Crippen LogP contribution in [0.3, 0.4) is 0 Å². The zero-order chi connectivity index (χ0) is 17.5. The molecule has 0 nitrogen and oxygen atoms in total. The van der Waals surface area contributed by atoms with Crippen LogP contribution in [0, 0.1) is 35.3 Å². The largest absolute Gasteiger partial charge is 0.206 e. The van der Waals surface area contributed by atoms with Gasteiger partial charge in [-0.3, -0.25) is 0 Å². The van der Waals surface area contributed by atoms with Gasteiger partial charge in [0, 0.05) is 11.0 Å². The lowest BCUT2D eigenvalue weighted by molar-refractivity contribution is 0.361. The maximum atomic E-state index is 14.2. The van der Waals surface area contributed by atoms with Crippen molar-refractivity contribution in [1.82, 2.24) is 0 Å². The first-order chi connectivity index (χ1) is 11.5. The van der Waals surface area contributed by atoms with Gasteiger partial charge in [0.25, 0.3) is 0 Å².